The molecule has 0 aliphatic carbocycles. The summed E-state index contributed by atoms with van der Waals surface area (Å²) in [6.45, 7) is 10.6. The third-order valence-electron chi connectivity index (χ3n) is 6.39. The number of ether oxygens (including phenoxy) is 4. The van der Waals surface area contributed by atoms with Crippen LogP contribution in [0.1, 0.15) is 20.8 Å². The predicted octanol–water partition coefficient (Wildman–Crippen LogP) is 5.12. The molecule has 1 heterocycles. The standard InChI is InChI=1S/C17H23N2O4.3C2H5.Al/c1-3-9-23-17-18-15-6-4-5-7-16(15)19(17)8-10-21-13-14-22-12-11-20-2;3*1-2;/h3-7,9H,1,8,10-14H2,2H3;3*1H2,2H3;/q;;;;-1/b9-3+;;;;. The molecule has 168 valence electrons. The Hall–Kier alpha value is -1.36. The largest absolute Gasteiger partial charge is 0.434 e. The van der Waals surface area contributed by atoms with Gasteiger partial charge in [-0.15, -0.1) is 20.8 Å². The number of nitrogens with zero attached hydrogens (tertiary/aromatic N) is 2. The fourth-order valence-electron chi connectivity index (χ4n) is 3.80. The lowest BCUT2D eigenvalue weighted by Gasteiger charge is -2.30. The fraction of sp³-hybridized carbons (Fsp3) is 0.609. The van der Waals surface area contributed by atoms with Crippen LogP contribution in [0.4, 0.5) is 0 Å². The maximum atomic E-state index is 5.98. The summed E-state index contributed by atoms with van der Waals surface area (Å²) >= 11 is -1.48. The molecular formula is C23H38AlN2O4-. The van der Waals surface area contributed by atoms with E-state index in [4.69, 9.17) is 18.9 Å². The van der Waals surface area contributed by atoms with Gasteiger partial charge in [-0.25, -0.2) is 0 Å². The summed E-state index contributed by atoms with van der Waals surface area (Å²) in [5.74, 6) is 0. The zero-order valence-electron chi connectivity index (χ0n) is 19.1. The topological polar surface area (TPSA) is 54.7 Å². The maximum absolute atomic E-state index is 5.98. The average Bonchev–Trinajstić information content (AvgIpc) is 3.13. The highest BCUT2D eigenvalue weighted by molar-refractivity contribution is 6.80. The van der Waals surface area contributed by atoms with E-state index in [1.165, 1.54) is 21.1 Å². The van der Waals surface area contributed by atoms with Gasteiger partial charge in [0.1, 0.15) is 13.1 Å². The van der Waals surface area contributed by atoms with Gasteiger partial charge in [0, 0.05) is 7.11 Å². The van der Waals surface area contributed by atoms with Crippen LogP contribution in [0, 0.1) is 0 Å². The molecule has 0 amide bonds. The van der Waals surface area contributed by atoms with Crippen molar-refractivity contribution >= 4 is 24.1 Å². The van der Waals surface area contributed by atoms with Crippen molar-refractivity contribution in [2.24, 2.45) is 0 Å². The molecule has 7 heteroatoms. The van der Waals surface area contributed by atoms with E-state index < -0.39 is 13.1 Å². The Balaban J connectivity index is 1.93. The molecule has 1 aromatic heterocycles. The van der Waals surface area contributed by atoms with Gasteiger partial charge < -0.3 is 18.9 Å². The van der Waals surface area contributed by atoms with E-state index in [0.717, 1.165) is 11.0 Å². The summed E-state index contributed by atoms with van der Waals surface area (Å²) in [6, 6.07) is 8.72. The zero-order valence-corrected chi connectivity index (χ0v) is 20.3. The normalized spacial score (nSPS) is 12.3. The molecule has 2 aromatic rings. The van der Waals surface area contributed by atoms with Crippen molar-refractivity contribution in [3.63, 3.8) is 0 Å². The Morgan fingerprint density at radius 3 is 2.30 bits per heavy atom. The Morgan fingerprint density at radius 1 is 0.933 bits per heavy atom. The number of methoxy groups -OCH3 is 1. The van der Waals surface area contributed by atoms with Crippen LogP contribution in [-0.2, 0) is 20.8 Å². The monoisotopic (exact) mass is 433 g/mol. The summed E-state index contributed by atoms with van der Waals surface area (Å²) < 4.78 is 24.2. The smallest absolute Gasteiger partial charge is 0.302 e. The zero-order chi connectivity index (χ0) is 21.7. The first-order chi connectivity index (χ1) is 14.7. The summed E-state index contributed by atoms with van der Waals surface area (Å²) in [5, 5.41) is 5.21. The molecule has 0 unspecified atom stereocenters. The molecule has 0 aliphatic rings. The first kappa shape index (κ1) is 24.9. The molecule has 2 rings (SSSR count). The first-order valence-corrected chi connectivity index (χ1v) is 14.6. The lowest BCUT2D eigenvalue weighted by Crippen LogP contribution is -2.30. The van der Waals surface area contributed by atoms with E-state index in [1.54, 1.807) is 7.11 Å². The summed E-state index contributed by atoms with van der Waals surface area (Å²) in [7, 11) is 1.67. The quantitative estimate of drug-likeness (QED) is 0.209. The van der Waals surface area contributed by atoms with Crippen LogP contribution in [0.5, 0.6) is 6.01 Å². The van der Waals surface area contributed by atoms with Gasteiger partial charge in [-0.05, 0) is 12.1 Å². The van der Waals surface area contributed by atoms with E-state index in [9.17, 15) is 0 Å². The van der Waals surface area contributed by atoms with Gasteiger partial charge in [0.2, 0.25) is 0 Å². The fourth-order valence-corrected chi connectivity index (χ4v) is 7.22. The number of imidazole rings is 1. The number of rotatable bonds is 16. The minimum atomic E-state index is -1.48. The number of hydrogen-bond acceptors (Lipinski definition) is 5. The summed E-state index contributed by atoms with van der Waals surface area (Å²) in [5.41, 5.74) is 1.99. The van der Waals surface area contributed by atoms with Crippen LogP contribution >= 0.6 is 0 Å². The van der Waals surface area contributed by atoms with E-state index in [2.05, 4.69) is 42.5 Å². The Kier molecular flexibility index (Phi) is 11.5. The maximum Gasteiger partial charge on any atom is 0.302 e. The number of aromatic nitrogens is 2. The first-order valence-electron chi connectivity index (χ1n) is 11.3. The van der Waals surface area contributed by atoms with E-state index in [1.807, 2.05) is 24.5 Å². The lowest BCUT2D eigenvalue weighted by atomic mass is 10.3. The molecule has 0 atom stereocenters. The van der Waals surface area contributed by atoms with Crippen molar-refractivity contribution in [2.45, 2.75) is 48.4 Å². The highest BCUT2D eigenvalue weighted by Gasteiger charge is 2.21. The van der Waals surface area contributed by atoms with Crippen LogP contribution in [0.2, 0.25) is 21.1 Å². The molecule has 0 spiro atoms. The van der Waals surface area contributed by atoms with Gasteiger partial charge in [0.25, 0.3) is 0 Å². The average molecular weight is 434 g/mol. The Labute approximate surface area is 183 Å². The second kappa shape index (κ2) is 13.8. The van der Waals surface area contributed by atoms with Crippen LogP contribution < -0.4 is 4.74 Å². The van der Waals surface area contributed by atoms with Crippen molar-refractivity contribution in [1.29, 1.82) is 0 Å². The predicted molar refractivity (Wildman–Crippen MR) is 125 cm³/mol. The second-order valence-corrected chi connectivity index (χ2v) is 14.3. The Morgan fingerprint density at radius 2 is 1.60 bits per heavy atom. The van der Waals surface area contributed by atoms with Crippen molar-refractivity contribution in [3.8, 4) is 6.01 Å². The highest BCUT2D eigenvalue weighted by atomic mass is 27.2. The SMILES string of the molecule is C[CH2][Al-]([CH2]C)([CH2]C)[CH2]/C=C/Oc1nc2ccccc2n1CCOCCOCCOC. The second-order valence-electron chi connectivity index (χ2n) is 7.93. The van der Waals surface area contributed by atoms with Gasteiger partial charge >= 0.3 is 6.01 Å². The Bertz CT molecular complexity index is 750. The molecular weight excluding hydrogens is 395 g/mol. The number of para-hydroxylation sites is 2. The van der Waals surface area contributed by atoms with Crippen molar-refractivity contribution in [1.82, 2.24) is 9.55 Å². The van der Waals surface area contributed by atoms with Crippen LogP contribution in [-0.4, -0.2) is 62.8 Å². The van der Waals surface area contributed by atoms with E-state index >= 15 is 0 Å². The molecule has 0 saturated carbocycles. The van der Waals surface area contributed by atoms with Gasteiger partial charge in [0.05, 0.1) is 56.9 Å². The molecule has 0 aliphatic heterocycles. The van der Waals surface area contributed by atoms with Crippen LogP contribution in [0.25, 0.3) is 11.0 Å². The number of hydrogen-bond donors (Lipinski definition) is 0. The molecule has 0 bridgehead atoms. The van der Waals surface area contributed by atoms with Gasteiger partial charge in [-0.1, -0.05) is 18.2 Å². The van der Waals surface area contributed by atoms with E-state index in [-0.39, 0.29) is 0 Å². The third kappa shape index (κ3) is 7.40. The molecule has 0 N–H and O–H groups in total. The summed E-state index contributed by atoms with van der Waals surface area (Å²) in [4.78, 5) is 4.66. The molecule has 1 aromatic carbocycles. The van der Waals surface area contributed by atoms with Crippen LogP contribution in [0.3, 0.4) is 0 Å². The van der Waals surface area contributed by atoms with Gasteiger partial charge in [-0.3, -0.25) is 4.57 Å². The minimum absolute atomic E-state index is 0.561. The number of benzene rings is 1. The van der Waals surface area contributed by atoms with Crippen molar-refractivity contribution in [3.05, 3.63) is 36.6 Å². The minimum Gasteiger partial charge on any atom is -0.434 e. The van der Waals surface area contributed by atoms with Crippen molar-refractivity contribution in [2.75, 3.05) is 40.1 Å². The molecule has 0 radical (unpaired) electrons. The van der Waals surface area contributed by atoms with Gasteiger partial charge in [0.15, 0.2) is 0 Å². The molecule has 6 nitrogen and oxygen atoms in total. The summed E-state index contributed by atoms with van der Waals surface area (Å²) in [6.07, 6.45) is 4.04. The highest BCUT2D eigenvalue weighted by Crippen LogP contribution is 2.26. The third-order valence-corrected chi connectivity index (χ3v) is 12.9. The molecule has 30 heavy (non-hydrogen) atoms. The van der Waals surface area contributed by atoms with Crippen molar-refractivity contribution < 1.29 is 18.9 Å². The van der Waals surface area contributed by atoms with Gasteiger partial charge in [-0.2, -0.15) is 26.1 Å². The van der Waals surface area contributed by atoms with Crippen LogP contribution in [0.15, 0.2) is 36.6 Å². The molecule has 0 fully saturated rings. The van der Waals surface area contributed by atoms with E-state index in [0.29, 0.717) is 45.6 Å². The number of allylic oxidation sites excluding steroid dienone is 1. The number of fused-ring (bicyclic) bond motifs is 1. The molecule has 0 saturated heterocycles. The lowest BCUT2D eigenvalue weighted by molar-refractivity contribution is 0.0229.